The van der Waals surface area contributed by atoms with Crippen LogP contribution in [0.25, 0.3) is 145 Å². The van der Waals surface area contributed by atoms with Gasteiger partial charge in [-0.2, -0.15) is 0 Å². The first-order chi connectivity index (χ1) is 53.5. The van der Waals surface area contributed by atoms with Crippen LogP contribution >= 0.6 is 0 Å². The first-order valence-corrected chi connectivity index (χ1v) is 38.9. The first kappa shape index (κ1) is 65.4. The van der Waals surface area contributed by atoms with Gasteiger partial charge in [0, 0.05) is 32.8 Å². The Hall–Kier alpha value is -12.9. The van der Waals surface area contributed by atoms with Crippen LogP contribution in [0, 0.1) is 0 Å². The molecule has 16 aromatic carbocycles. The van der Waals surface area contributed by atoms with E-state index in [1.807, 2.05) is 0 Å². The van der Waals surface area contributed by atoms with Crippen LogP contribution in [0.2, 0.25) is 0 Å². The number of benzene rings is 16. The van der Waals surface area contributed by atoms with Crippen LogP contribution < -0.4 is 9.64 Å². The van der Waals surface area contributed by atoms with E-state index in [0.717, 1.165) is 95.3 Å². The van der Waals surface area contributed by atoms with Gasteiger partial charge in [0.2, 0.25) is 0 Å². The largest absolute Gasteiger partial charge is 0.453 e. The second-order valence-electron chi connectivity index (χ2n) is 33.1. The number of hydrogen-bond donors (Lipinski definition) is 0. The van der Waals surface area contributed by atoms with E-state index in [1.54, 1.807) is 0 Å². The van der Waals surface area contributed by atoms with Crippen LogP contribution in [0.15, 0.2) is 346 Å². The standard InChI is InChI=1S/C108H81NO/c1-105(2)92-30-20-18-28-82(92)84-48-40-73(58-94(84)105)75-42-50-86-88-52-44-77(62-98(88)107(5,6)96(86)60-75)79-46-54-100-102(64-79)110-103-65-80(78-45-53-89-87-51-43-76(61-97(87)108(7,8)99(89)63-78)74-41-49-85-83-29-19-21-31-93(83)106(3,4)95(85)59-74)47-55-101(103)109(100)104-90(71-36-32-69(33-37-71)66-22-12-9-13-23-66)56-81(68-26-16-11-17-27-68)57-91(104)72-38-34-70(35-39-72)67-24-14-10-15-25-67/h9-65H,1-8H3. The summed E-state index contributed by atoms with van der Waals surface area (Å²) in [5, 5.41) is 0. The highest BCUT2D eigenvalue weighted by atomic mass is 16.5. The molecule has 524 valence electrons. The summed E-state index contributed by atoms with van der Waals surface area (Å²) in [7, 11) is 0. The minimum Gasteiger partial charge on any atom is -0.453 e. The van der Waals surface area contributed by atoms with E-state index in [-0.39, 0.29) is 21.7 Å². The molecule has 21 rings (SSSR count). The molecule has 0 N–H and O–H groups in total. The Morgan fingerprint density at radius 3 is 0.718 bits per heavy atom. The number of rotatable bonds is 10. The van der Waals surface area contributed by atoms with Crippen molar-refractivity contribution in [2.45, 2.75) is 77.0 Å². The lowest BCUT2D eigenvalue weighted by atomic mass is 9.80. The highest BCUT2D eigenvalue weighted by Crippen LogP contribution is 2.60. The zero-order valence-electron chi connectivity index (χ0n) is 63.3. The van der Waals surface area contributed by atoms with Crippen LogP contribution in [-0.2, 0) is 21.7 Å². The smallest absolute Gasteiger partial charge is 0.152 e. The van der Waals surface area contributed by atoms with Crippen molar-refractivity contribution in [3.8, 4) is 156 Å². The summed E-state index contributed by atoms with van der Waals surface area (Å²) in [5.41, 5.74) is 44.6. The second kappa shape index (κ2) is 24.3. The molecule has 5 aliphatic rings. The molecule has 0 saturated heterocycles. The van der Waals surface area contributed by atoms with Crippen LogP contribution in [0.3, 0.4) is 0 Å². The molecule has 0 fully saturated rings. The fourth-order valence-electron chi connectivity index (χ4n) is 19.4. The predicted octanol–water partition coefficient (Wildman–Crippen LogP) is 29.5. The summed E-state index contributed by atoms with van der Waals surface area (Å²) >= 11 is 0. The highest BCUT2D eigenvalue weighted by molar-refractivity contribution is 6.04. The highest BCUT2D eigenvalue weighted by Gasteiger charge is 2.41. The maximum absolute atomic E-state index is 7.62. The van der Waals surface area contributed by atoms with Gasteiger partial charge in [-0.15, -0.1) is 0 Å². The predicted molar refractivity (Wildman–Crippen MR) is 460 cm³/mol. The third-order valence-electron chi connectivity index (χ3n) is 25.5. The van der Waals surface area contributed by atoms with Crippen molar-refractivity contribution in [3.63, 3.8) is 0 Å². The molecule has 0 radical (unpaired) electrons. The summed E-state index contributed by atoms with van der Waals surface area (Å²) in [5.74, 6) is 1.56. The van der Waals surface area contributed by atoms with Crippen molar-refractivity contribution in [1.29, 1.82) is 0 Å². The van der Waals surface area contributed by atoms with Gasteiger partial charge in [-0.25, -0.2) is 0 Å². The second-order valence-corrected chi connectivity index (χ2v) is 33.1. The molecule has 1 heterocycles. The molecule has 0 atom stereocenters. The van der Waals surface area contributed by atoms with Gasteiger partial charge in [-0.3, -0.25) is 0 Å². The van der Waals surface area contributed by atoms with Crippen molar-refractivity contribution in [2.24, 2.45) is 0 Å². The molecule has 0 aromatic heterocycles. The van der Waals surface area contributed by atoms with E-state index < -0.39 is 0 Å². The van der Waals surface area contributed by atoms with E-state index in [4.69, 9.17) is 4.74 Å². The molecule has 0 amide bonds. The molecule has 16 aromatic rings. The van der Waals surface area contributed by atoms with E-state index in [1.165, 1.54) is 122 Å². The molecule has 0 bridgehead atoms. The number of hydrogen-bond acceptors (Lipinski definition) is 2. The zero-order valence-corrected chi connectivity index (χ0v) is 63.3. The van der Waals surface area contributed by atoms with E-state index in [2.05, 4.69) is 406 Å². The molecule has 1 aliphatic heterocycles. The van der Waals surface area contributed by atoms with Crippen LogP contribution in [0.4, 0.5) is 17.1 Å². The Balaban J connectivity index is 0.705. The molecule has 0 spiro atoms. The van der Waals surface area contributed by atoms with Gasteiger partial charge >= 0.3 is 0 Å². The van der Waals surface area contributed by atoms with E-state index in [9.17, 15) is 0 Å². The topological polar surface area (TPSA) is 12.5 Å². The Morgan fingerprint density at radius 2 is 0.400 bits per heavy atom. The summed E-state index contributed by atoms with van der Waals surface area (Å²) in [6.45, 7) is 19.1. The quantitative estimate of drug-likeness (QED) is 0.135. The molecular formula is C108H81NO. The van der Waals surface area contributed by atoms with Crippen molar-refractivity contribution < 1.29 is 4.74 Å². The Bertz CT molecular complexity index is 6140. The molecular weight excluding hydrogens is 1330 g/mol. The zero-order chi connectivity index (χ0) is 74.1. The lowest BCUT2D eigenvalue weighted by Crippen LogP contribution is -2.18. The van der Waals surface area contributed by atoms with Gasteiger partial charge in [-0.05, 0) is 251 Å². The lowest BCUT2D eigenvalue weighted by molar-refractivity contribution is 0.477. The van der Waals surface area contributed by atoms with Crippen molar-refractivity contribution in [1.82, 2.24) is 0 Å². The molecule has 2 heteroatoms. The minimum absolute atomic E-state index is 0.0823. The number of anilines is 3. The van der Waals surface area contributed by atoms with E-state index in [0.29, 0.717) is 0 Å². The Kier molecular flexibility index (Phi) is 14.5. The number of fused-ring (bicyclic) bond motifs is 14. The van der Waals surface area contributed by atoms with Crippen LogP contribution in [0.5, 0.6) is 11.5 Å². The average Bonchev–Trinajstić information content (AvgIpc) is 1.55. The third-order valence-corrected chi connectivity index (χ3v) is 25.5. The molecule has 0 unspecified atom stereocenters. The Labute approximate surface area is 646 Å². The van der Waals surface area contributed by atoms with Crippen LogP contribution in [-0.4, -0.2) is 0 Å². The van der Waals surface area contributed by atoms with Crippen LogP contribution in [0.1, 0.15) is 99.9 Å². The average molecular weight is 1410 g/mol. The van der Waals surface area contributed by atoms with Crippen molar-refractivity contribution in [2.75, 3.05) is 4.90 Å². The number of nitrogens with zero attached hydrogens (tertiary/aromatic N) is 1. The van der Waals surface area contributed by atoms with Gasteiger partial charge in [-0.1, -0.05) is 328 Å². The van der Waals surface area contributed by atoms with Crippen molar-refractivity contribution >= 4 is 17.1 Å². The lowest BCUT2D eigenvalue weighted by Gasteiger charge is -2.36. The molecule has 2 nitrogen and oxygen atoms in total. The third kappa shape index (κ3) is 10.1. The minimum atomic E-state index is -0.274. The fourth-order valence-corrected chi connectivity index (χ4v) is 19.4. The molecule has 4 aliphatic carbocycles. The summed E-state index contributed by atoms with van der Waals surface area (Å²) < 4.78 is 7.62. The maximum atomic E-state index is 7.62. The van der Waals surface area contributed by atoms with E-state index >= 15 is 0 Å². The van der Waals surface area contributed by atoms with Gasteiger partial charge in [0.25, 0.3) is 0 Å². The van der Waals surface area contributed by atoms with Gasteiger partial charge in [0.1, 0.15) is 0 Å². The van der Waals surface area contributed by atoms with Gasteiger partial charge in [0.05, 0.1) is 17.1 Å². The van der Waals surface area contributed by atoms with Crippen molar-refractivity contribution in [3.05, 3.63) is 390 Å². The molecule has 0 saturated carbocycles. The Morgan fingerprint density at radius 1 is 0.173 bits per heavy atom. The molecule has 110 heavy (non-hydrogen) atoms. The first-order valence-electron chi connectivity index (χ1n) is 38.9. The summed E-state index contributed by atoms with van der Waals surface area (Å²) in [4.78, 5) is 2.51. The normalized spacial score (nSPS) is 14.7. The fraction of sp³-hybridized carbons (Fsp3) is 0.111. The summed E-state index contributed by atoms with van der Waals surface area (Å²) in [6.07, 6.45) is 0. The summed E-state index contributed by atoms with van der Waals surface area (Å²) in [6, 6.07) is 130. The van der Waals surface area contributed by atoms with Gasteiger partial charge in [0.15, 0.2) is 11.5 Å². The monoisotopic (exact) mass is 1410 g/mol. The van der Waals surface area contributed by atoms with Gasteiger partial charge < -0.3 is 9.64 Å². The maximum Gasteiger partial charge on any atom is 0.152 e. The number of ether oxygens (including phenoxy) is 1. The SMILES string of the molecule is CC1(C)c2ccccc2-c2ccc(-c3ccc4c(c3)C(C)(C)c3cc(-c5ccc6c(c5)Oc5cc(-c7ccc8c(c7)C(C)(C)c7cc(-c9ccc%10c(c9)C(C)(C)c9ccccc9-%10)ccc7-8)ccc5N6c5c(-c6ccc(-c7ccccc7)cc6)cc(-c6ccccc6)cc5-c5ccc(-c6ccccc6)cc5)ccc3-4)cc21.